The number of aliphatic carboxylic acids is 1. The minimum Gasteiger partial charge on any atom is -0.481 e. The van der Waals surface area contributed by atoms with Crippen LogP contribution in [0.2, 0.25) is 0 Å². The fourth-order valence-electron chi connectivity index (χ4n) is 1.60. The summed E-state index contributed by atoms with van der Waals surface area (Å²) in [7, 11) is 0. The molecule has 0 spiro atoms. The van der Waals surface area contributed by atoms with Crippen molar-refractivity contribution in [2.45, 2.75) is 32.6 Å². The first-order chi connectivity index (χ1) is 8.49. The van der Waals surface area contributed by atoms with Gasteiger partial charge in [0.25, 0.3) is 0 Å². The molecule has 98 valence electrons. The minimum atomic E-state index is -1.01. The highest BCUT2D eigenvalue weighted by Gasteiger charge is 2.22. The van der Waals surface area contributed by atoms with E-state index in [4.69, 9.17) is 5.11 Å². The SMILES string of the molecule is CC(=O)CCC(=O)CC(Cc1cnc[nH]1)C(=O)O. The number of ketones is 2. The molecule has 1 heterocycles. The van der Waals surface area contributed by atoms with E-state index in [-0.39, 0.29) is 37.2 Å². The monoisotopic (exact) mass is 252 g/mol. The van der Waals surface area contributed by atoms with Gasteiger partial charge in [-0.15, -0.1) is 0 Å². The molecule has 0 bridgehead atoms. The number of carboxylic acids is 1. The molecule has 1 atom stereocenters. The highest BCUT2D eigenvalue weighted by atomic mass is 16.4. The summed E-state index contributed by atoms with van der Waals surface area (Å²) >= 11 is 0. The van der Waals surface area contributed by atoms with Crippen molar-refractivity contribution in [3.8, 4) is 0 Å². The van der Waals surface area contributed by atoms with Crippen molar-refractivity contribution in [1.29, 1.82) is 0 Å². The molecule has 0 fully saturated rings. The fourth-order valence-corrected chi connectivity index (χ4v) is 1.60. The maximum atomic E-state index is 11.5. The Hall–Kier alpha value is -1.98. The zero-order valence-corrected chi connectivity index (χ0v) is 10.2. The second kappa shape index (κ2) is 6.68. The normalized spacial score (nSPS) is 12.1. The van der Waals surface area contributed by atoms with Gasteiger partial charge >= 0.3 is 5.97 Å². The first-order valence-electron chi connectivity index (χ1n) is 5.70. The zero-order chi connectivity index (χ0) is 13.5. The lowest BCUT2D eigenvalue weighted by atomic mass is 9.95. The fraction of sp³-hybridized carbons (Fsp3) is 0.500. The highest BCUT2D eigenvalue weighted by Crippen LogP contribution is 2.13. The van der Waals surface area contributed by atoms with E-state index in [0.717, 1.165) is 0 Å². The van der Waals surface area contributed by atoms with E-state index in [9.17, 15) is 14.4 Å². The first kappa shape index (κ1) is 14.1. The van der Waals surface area contributed by atoms with Crippen molar-refractivity contribution in [2.24, 2.45) is 5.92 Å². The summed E-state index contributed by atoms with van der Waals surface area (Å²) < 4.78 is 0. The van der Waals surface area contributed by atoms with Gasteiger partial charge in [0.1, 0.15) is 11.6 Å². The quantitative estimate of drug-likeness (QED) is 0.718. The van der Waals surface area contributed by atoms with Crippen LogP contribution in [-0.4, -0.2) is 32.6 Å². The summed E-state index contributed by atoms with van der Waals surface area (Å²) in [6, 6.07) is 0. The van der Waals surface area contributed by atoms with Crippen LogP contribution in [0, 0.1) is 5.92 Å². The van der Waals surface area contributed by atoms with Gasteiger partial charge in [-0.05, 0) is 6.92 Å². The molecule has 18 heavy (non-hydrogen) atoms. The molecule has 0 radical (unpaired) electrons. The van der Waals surface area contributed by atoms with E-state index in [2.05, 4.69) is 9.97 Å². The van der Waals surface area contributed by atoms with Gasteiger partial charge in [-0.3, -0.25) is 9.59 Å². The maximum absolute atomic E-state index is 11.5. The molecule has 0 aliphatic rings. The second-order valence-electron chi connectivity index (χ2n) is 4.26. The second-order valence-corrected chi connectivity index (χ2v) is 4.26. The Morgan fingerprint density at radius 2 is 2.11 bits per heavy atom. The van der Waals surface area contributed by atoms with Crippen LogP contribution in [0.15, 0.2) is 12.5 Å². The Morgan fingerprint density at radius 1 is 1.39 bits per heavy atom. The third kappa shape index (κ3) is 4.90. The molecule has 6 nitrogen and oxygen atoms in total. The molecule has 1 rings (SSSR count). The molecular weight excluding hydrogens is 236 g/mol. The van der Waals surface area contributed by atoms with E-state index in [1.165, 1.54) is 19.4 Å². The number of hydrogen-bond donors (Lipinski definition) is 2. The van der Waals surface area contributed by atoms with Crippen molar-refractivity contribution in [1.82, 2.24) is 9.97 Å². The van der Waals surface area contributed by atoms with Crippen molar-refractivity contribution < 1.29 is 19.5 Å². The van der Waals surface area contributed by atoms with Crippen LogP contribution in [-0.2, 0) is 20.8 Å². The first-order valence-corrected chi connectivity index (χ1v) is 5.70. The van der Waals surface area contributed by atoms with Crippen molar-refractivity contribution in [2.75, 3.05) is 0 Å². The number of aromatic amines is 1. The number of carboxylic acid groups (broad SMARTS) is 1. The number of nitrogens with one attached hydrogen (secondary N) is 1. The summed E-state index contributed by atoms with van der Waals surface area (Å²) in [5, 5.41) is 9.04. The summed E-state index contributed by atoms with van der Waals surface area (Å²) in [5.41, 5.74) is 0.682. The summed E-state index contributed by atoms with van der Waals surface area (Å²) in [6.07, 6.45) is 3.47. The minimum absolute atomic E-state index is 0.0539. The number of hydrogen-bond acceptors (Lipinski definition) is 4. The van der Waals surface area contributed by atoms with Gasteiger partial charge in [0.15, 0.2) is 0 Å². The number of aromatic nitrogens is 2. The summed E-state index contributed by atoms with van der Waals surface area (Å²) in [6.45, 7) is 1.41. The average Bonchev–Trinajstić information content (AvgIpc) is 2.78. The van der Waals surface area contributed by atoms with Crippen LogP contribution in [0.3, 0.4) is 0 Å². The van der Waals surface area contributed by atoms with Crippen LogP contribution in [0.4, 0.5) is 0 Å². The number of nitrogens with zero attached hydrogens (tertiary/aromatic N) is 1. The predicted octanol–water partition coefficient (Wildman–Crippen LogP) is 0.981. The topological polar surface area (TPSA) is 100 Å². The van der Waals surface area contributed by atoms with Gasteiger partial charge in [0.2, 0.25) is 0 Å². The molecule has 0 aliphatic carbocycles. The Morgan fingerprint density at radius 3 is 2.61 bits per heavy atom. The number of imidazole rings is 1. The molecule has 0 aliphatic heterocycles. The van der Waals surface area contributed by atoms with E-state index < -0.39 is 11.9 Å². The number of Topliss-reactive ketones (excluding diaryl/α,β-unsaturated/α-hetero) is 2. The van der Waals surface area contributed by atoms with Gasteiger partial charge in [0, 0.05) is 37.6 Å². The number of rotatable bonds is 8. The third-order valence-corrected chi connectivity index (χ3v) is 2.60. The lowest BCUT2D eigenvalue weighted by Crippen LogP contribution is -2.20. The van der Waals surface area contributed by atoms with Crippen LogP contribution < -0.4 is 0 Å². The molecule has 0 aromatic carbocycles. The van der Waals surface area contributed by atoms with Crippen molar-refractivity contribution >= 4 is 17.5 Å². The van der Waals surface area contributed by atoms with Crippen LogP contribution in [0.1, 0.15) is 31.9 Å². The molecule has 6 heteroatoms. The molecule has 1 unspecified atom stereocenters. The van der Waals surface area contributed by atoms with Crippen LogP contribution in [0.25, 0.3) is 0 Å². The summed E-state index contributed by atoms with van der Waals surface area (Å²) in [4.78, 5) is 39.9. The molecule has 1 aromatic heterocycles. The number of carbonyl (C=O) groups is 3. The molecule has 0 amide bonds. The lowest BCUT2D eigenvalue weighted by Gasteiger charge is -2.09. The van der Waals surface area contributed by atoms with Gasteiger partial charge in [-0.25, -0.2) is 4.98 Å². The average molecular weight is 252 g/mol. The molecular formula is C12H16N2O4. The van der Waals surface area contributed by atoms with Gasteiger partial charge in [0.05, 0.1) is 12.2 Å². The Balaban J connectivity index is 2.50. The van der Waals surface area contributed by atoms with E-state index in [0.29, 0.717) is 5.69 Å². The maximum Gasteiger partial charge on any atom is 0.307 e. The van der Waals surface area contributed by atoms with Crippen LogP contribution >= 0.6 is 0 Å². The number of carbonyl (C=O) groups excluding carboxylic acids is 2. The lowest BCUT2D eigenvalue weighted by molar-refractivity contribution is -0.143. The third-order valence-electron chi connectivity index (χ3n) is 2.60. The standard InChI is InChI=1S/C12H16N2O4/c1-8(15)2-3-11(16)5-9(12(17)18)4-10-6-13-7-14-10/h6-7,9H,2-5H2,1H3,(H,13,14)(H,17,18). The van der Waals surface area contributed by atoms with Crippen LogP contribution in [0.5, 0.6) is 0 Å². The van der Waals surface area contributed by atoms with E-state index in [1.807, 2.05) is 0 Å². The molecule has 1 aromatic rings. The van der Waals surface area contributed by atoms with Gasteiger partial charge in [-0.2, -0.15) is 0 Å². The smallest absolute Gasteiger partial charge is 0.307 e. The number of H-pyrrole nitrogens is 1. The Labute approximate surface area is 104 Å². The largest absolute Gasteiger partial charge is 0.481 e. The van der Waals surface area contributed by atoms with Crippen molar-refractivity contribution in [3.63, 3.8) is 0 Å². The molecule has 0 saturated heterocycles. The molecule has 0 saturated carbocycles. The highest BCUT2D eigenvalue weighted by molar-refractivity contribution is 5.87. The zero-order valence-electron chi connectivity index (χ0n) is 10.2. The Bertz CT molecular complexity index is 425. The van der Waals surface area contributed by atoms with Gasteiger partial charge < -0.3 is 14.9 Å². The Kier molecular flexibility index (Phi) is 5.23. The van der Waals surface area contributed by atoms with E-state index >= 15 is 0 Å². The summed E-state index contributed by atoms with van der Waals surface area (Å²) in [5.74, 6) is -2.05. The predicted molar refractivity (Wildman–Crippen MR) is 63.0 cm³/mol. The molecule has 2 N–H and O–H groups in total. The van der Waals surface area contributed by atoms with Crippen molar-refractivity contribution in [3.05, 3.63) is 18.2 Å². The van der Waals surface area contributed by atoms with Gasteiger partial charge in [-0.1, -0.05) is 0 Å². The van der Waals surface area contributed by atoms with E-state index in [1.54, 1.807) is 0 Å².